The van der Waals surface area contributed by atoms with E-state index in [-0.39, 0.29) is 23.1 Å². The summed E-state index contributed by atoms with van der Waals surface area (Å²) in [5.74, 6) is 0.935. The number of nitrogens with one attached hydrogen (secondary N) is 1. The van der Waals surface area contributed by atoms with Gasteiger partial charge in [0.25, 0.3) is 0 Å². The average molecular weight is 807 g/mol. The number of hydrogen-bond donors (Lipinski definition) is 2. The van der Waals surface area contributed by atoms with Crippen LogP contribution in [0.15, 0.2) is 134 Å². The Bertz CT molecular complexity index is 2820. The third-order valence-electron chi connectivity index (χ3n) is 8.47. The standard InChI is InChI=1S/C22H15F3N4O2.C20H13F3N4O/c1-13(30)29-20-9-15(22(23,24)25)5-7-17(20)19-11-21(28-12-27-19)31-16-6-4-14-3-2-8-26-18(14)10-16;21-20(22,23)13-4-6-15(16(24)8-13)18-10-19(27-11-26-18)28-14-5-3-12-2-1-7-25-17(12)9-14/h2-12H,1H3,(H,29,30);1-11H,24H2. The van der Waals surface area contributed by atoms with E-state index in [0.29, 0.717) is 34.0 Å². The van der Waals surface area contributed by atoms with Crippen LogP contribution in [0.25, 0.3) is 44.3 Å². The maximum Gasteiger partial charge on any atom is 0.416 e. The van der Waals surface area contributed by atoms with Gasteiger partial charge in [0, 0.05) is 71.2 Å². The first kappa shape index (κ1) is 39.5. The quantitative estimate of drug-likeness (QED) is 0.118. The zero-order valence-corrected chi connectivity index (χ0v) is 30.5. The minimum absolute atomic E-state index is 0.0121. The maximum atomic E-state index is 13.1. The monoisotopic (exact) mass is 806 g/mol. The smallest absolute Gasteiger partial charge is 0.416 e. The summed E-state index contributed by atoms with van der Waals surface area (Å²) < 4.78 is 89.3. The van der Waals surface area contributed by atoms with Crippen LogP contribution in [0.3, 0.4) is 0 Å². The van der Waals surface area contributed by atoms with E-state index >= 15 is 0 Å². The van der Waals surface area contributed by atoms with Crippen LogP contribution < -0.4 is 20.5 Å². The van der Waals surface area contributed by atoms with Crippen molar-refractivity contribution >= 4 is 39.1 Å². The van der Waals surface area contributed by atoms with Crippen LogP contribution >= 0.6 is 0 Å². The van der Waals surface area contributed by atoms with E-state index in [0.717, 1.165) is 46.1 Å². The van der Waals surface area contributed by atoms with Crippen LogP contribution in [-0.2, 0) is 17.1 Å². The molecule has 11 nitrogen and oxygen atoms in total. The number of carbonyl (C=O) groups excluding carboxylic acids is 1. The highest BCUT2D eigenvalue weighted by Crippen LogP contribution is 2.37. The molecule has 0 saturated heterocycles. The molecule has 0 spiro atoms. The van der Waals surface area contributed by atoms with Crippen LogP contribution in [-0.4, -0.2) is 35.8 Å². The molecule has 0 unspecified atom stereocenters. The molecule has 0 aliphatic carbocycles. The molecular formula is C42H28F6N8O3. The second-order valence-electron chi connectivity index (χ2n) is 12.6. The lowest BCUT2D eigenvalue weighted by Gasteiger charge is -2.14. The molecule has 4 heterocycles. The van der Waals surface area contributed by atoms with Gasteiger partial charge in [-0.25, -0.2) is 19.9 Å². The van der Waals surface area contributed by atoms with E-state index in [1.807, 2.05) is 36.4 Å². The van der Waals surface area contributed by atoms with Crippen molar-refractivity contribution in [1.82, 2.24) is 29.9 Å². The number of aromatic nitrogens is 6. The fourth-order valence-corrected chi connectivity index (χ4v) is 5.76. The van der Waals surface area contributed by atoms with Gasteiger partial charge in [0.05, 0.1) is 39.2 Å². The van der Waals surface area contributed by atoms with Crippen LogP contribution in [0.5, 0.6) is 23.3 Å². The van der Waals surface area contributed by atoms with Crippen molar-refractivity contribution in [2.24, 2.45) is 0 Å². The Hall–Kier alpha value is -7.69. The molecule has 0 saturated carbocycles. The number of carbonyl (C=O) groups is 1. The number of rotatable bonds is 7. The second kappa shape index (κ2) is 16.4. The summed E-state index contributed by atoms with van der Waals surface area (Å²) in [5.41, 5.74) is 6.88. The molecule has 8 aromatic rings. The van der Waals surface area contributed by atoms with Crippen molar-refractivity contribution < 1.29 is 40.6 Å². The molecule has 8 rings (SSSR count). The van der Waals surface area contributed by atoms with Crippen LogP contribution in [0.4, 0.5) is 37.7 Å². The number of nitrogens with zero attached hydrogens (tertiary/aromatic N) is 6. The first-order valence-electron chi connectivity index (χ1n) is 17.4. The van der Waals surface area contributed by atoms with Crippen molar-refractivity contribution in [2.45, 2.75) is 19.3 Å². The Kier molecular flexibility index (Phi) is 11.0. The molecule has 0 fully saturated rings. The molecule has 17 heteroatoms. The lowest BCUT2D eigenvalue weighted by molar-refractivity contribution is -0.138. The molecule has 59 heavy (non-hydrogen) atoms. The fraction of sp³-hybridized carbons (Fsp3) is 0.0714. The van der Waals surface area contributed by atoms with E-state index in [9.17, 15) is 31.1 Å². The largest absolute Gasteiger partial charge is 0.439 e. The van der Waals surface area contributed by atoms with Crippen molar-refractivity contribution in [1.29, 1.82) is 0 Å². The third kappa shape index (κ3) is 9.65. The maximum absolute atomic E-state index is 13.1. The molecule has 0 atom stereocenters. The number of alkyl halides is 6. The number of halogens is 6. The number of pyridine rings is 2. The fourth-order valence-electron chi connectivity index (χ4n) is 5.76. The van der Waals surface area contributed by atoms with Crippen molar-refractivity contribution in [3.63, 3.8) is 0 Å². The van der Waals surface area contributed by atoms with Gasteiger partial charge in [-0.15, -0.1) is 0 Å². The number of benzene rings is 4. The minimum atomic E-state index is -4.55. The summed E-state index contributed by atoms with van der Waals surface area (Å²) in [6.45, 7) is 1.21. The number of ether oxygens (including phenoxy) is 2. The van der Waals surface area contributed by atoms with E-state index < -0.39 is 29.4 Å². The van der Waals surface area contributed by atoms with Gasteiger partial charge in [-0.05, 0) is 60.7 Å². The predicted octanol–water partition coefficient (Wildman–Crippen LogP) is 10.5. The molecule has 3 N–H and O–H groups in total. The zero-order valence-electron chi connectivity index (χ0n) is 30.5. The summed E-state index contributed by atoms with van der Waals surface area (Å²) in [4.78, 5) is 36.4. The Labute approximate surface area is 330 Å². The van der Waals surface area contributed by atoms with E-state index in [2.05, 4.69) is 35.2 Å². The third-order valence-corrected chi connectivity index (χ3v) is 8.47. The highest BCUT2D eigenvalue weighted by molar-refractivity contribution is 5.94. The van der Waals surface area contributed by atoms with Crippen molar-refractivity contribution in [3.05, 3.63) is 145 Å². The Morgan fingerprint density at radius 3 is 1.56 bits per heavy atom. The summed E-state index contributed by atoms with van der Waals surface area (Å²) in [7, 11) is 0. The molecule has 0 bridgehead atoms. The van der Waals surface area contributed by atoms with E-state index in [4.69, 9.17) is 15.2 Å². The Balaban J connectivity index is 0.000000180. The number of nitrogen functional groups attached to an aromatic ring is 1. The van der Waals surface area contributed by atoms with Gasteiger partial charge >= 0.3 is 12.4 Å². The van der Waals surface area contributed by atoms with Crippen LogP contribution in [0.1, 0.15) is 18.1 Å². The van der Waals surface area contributed by atoms with Crippen molar-refractivity contribution in [2.75, 3.05) is 11.1 Å². The second-order valence-corrected chi connectivity index (χ2v) is 12.6. The normalized spacial score (nSPS) is 11.4. The number of amides is 1. The van der Waals surface area contributed by atoms with E-state index in [1.54, 1.807) is 36.7 Å². The van der Waals surface area contributed by atoms with Crippen molar-refractivity contribution in [3.8, 4) is 45.8 Å². The molecule has 0 aliphatic heterocycles. The molecule has 0 radical (unpaired) electrons. The van der Waals surface area contributed by atoms with Crippen LogP contribution in [0.2, 0.25) is 0 Å². The first-order valence-corrected chi connectivity index (χ1v) is 17.4. The highest BCUT2D eigenvalue weighted by Gasteiger charge is 2.32. The SMILES string of the molecule is CC(=O)Nc1cc(C(F)(F)F)ccc1-c1cc(Oc2ccc3cccnc3c2)ncn1.Nc1cc(C(F)(F)F)ccc1-c1cc(Oc2ccc3cccnc3c2)ncn1. The average Bonchev–Trinajstić information content (AvgIpc) is 3.20. The number of fused-ring (bicyclic) bond motifs is 2. The predicted molar refractivity (Wildman–Crippen MR) is 207 cm³/mol. The molecule has 4 aromatic heterocycles. The van der Waals surface area contributed by atoms with Gasteiger partial charge in [-0.2, -0.15) is 26.3 Å². The Morgan fingerprint density at radius 1 is 0.576 bits per heavy atom. The van der Waals surface area contributed by atoms with Gasteiger partial charge in [-0.1, -0.05) is 24.3 Å². The molecular weight excluding hydrogens is 779 g/mol. The summed E-state index contributed by atoms with van der Waals surface area (Å²) in [6, 6.07) is 27.5. The summed E-state index contributed by atoms with van der Waals surface area (Å²) >= 11 is 0. The molecule has 1 amide bonds. The lowest BCUT2D eigenvalue weighted by Crippen LogP contribution is -2.10. The molecule has 296 valence electrons. The topological polar surface area (TPSA) is 151 Å². The van der Waals surface area contributed by atoms with Gasteiger partial charge in [0.2, 0.25) is 17.7 Å². The van der Waals surface area contributed by atoms with Crippen LogP contribution in [0, 0.1) is 0 Å². The van der Waals surface area contributed by atoms with Gasteiger partial charge in [-0.3, -0.25) is 14.8 Å². The molecule has 4 aromatic carbocycles. The van der Waals surface area contributed by atoms with Gasteiger partial charge in [0.1, 0.15) is 24.2 Å². The number of nitrogens with two attached hydrogens (primary N) is 1. The van der Waals surface area contributed by atoms with Gasteiger partial charge in [0.15, 0.2) is 0 Å². The van der Waals surface area contributed by atoms with E-state index in [1.165, 1.54) is 43.8 Å². The lowest BCUT2D eigenvalue weighted by atomic mass is 10.1. The number of hydrogen-bond acceptors (Lipinski definition) is 10. The minimum Gasteiger partial charge on any atom is -0.439 e. The number of anilines is 2. The first-order chi connectivity index (χ1) is 28.2. The molecule has 0 aliphatic rings. The zero-order chi connectivity index (χ0) is 41.7. The summed E-state index contributed by atoms with van der Waals surface area (Å²) in [6.07, 6.45) is -3.15. The Morgan fingerprint density at radius 2 is 1.07 bits per heavy atom. The van der Waals surface area contributed by atoms with Gasteiger partial charge < -0.3 is 20.5 Å². The highest BCUT2D eigenvalue weighted by atomic mass is 19.4. The summed E-state index contributed by atoms with van der Waals surface area (Å²) in [5, 5.41) is 4.34.